The number of nitrogens with two attached hydrogens (primary N) is 1. The lowest BCUT2D eigenvalue weighted by molar-refractivity contribution is 0.369. The van der Waals surface area contributed by atoms with Crippen LogP contribution in [0.3, 0.4) is 0 Å². The van der Waals surface area contributed by atoms with Crippen molar-refractivity contribution < 1.29 is 14.2 Å². The van der Waals surface area contributed by atoms with Gasteiger partial charge in [-0.1, -0.05) is 0 Å². The third-order valence-corrected chi connectivity index (χ3v) is 4.73. The molecule has 0 saturated carbocycles. The monoisotopic (exact) mass is 467 g/mol. The van der Waals surface area contributed by atoms with E-state index in [1.54, 1.807) is 21.3 Å². The second-order valence-corrected chi connectivity index (χ2v) is 6.32. The number of ether oxygens (including phenoxy) is 3. The van der Waals surface area contributed by atoms with Gasteiger partial charge in [0.1, 0.15) is 17.2 Å². The maximum Gasteiger partial charge on any atom is 0.191 e. The summed E-state index contributed by atoms with van der Waals surface area (Å²) in [4.78, 5) is 6.64. The molecule has 24 heavy (non-hydrogen) atoms. The fourth-order valence-electron chi connectivity index (χ4n) is 2.50. The first-order valence-electron chi connectivity index (χ1n) is 7.61. The van der Waals surface area contributed by atoms with E-state index in [1.165, 1.54) is 0 Å². The first kappa shape index (κ1) is 21.0. The summed E-state index contributed by atoms with van der Waals surface area (Å²) < 4.78 is 16.2. The average molecular weight is 467 g/mol. The topological polar surface area (TPSA) is 69.3 Å². The highest BCUT2D eigenvalue weighted by molar-refractivity contribution is 14.0. The Hall–Kier alpha value is -1.03. The molecule has 0 spiro atoms. The number of aliphatic imine (C=N–C) groups is 1. The van der Waals surface area contributed by atoms with Crippen molar-refractivity contribution in [3.8, 4) is 17.2 Å². The van der Waals surface area contributed by atoms with E-state index in [1.807, 2.05) is 23.9 Å². The van der Waals surface area contributed by atoms with E-state index in [9.17, 15) is 0 Å². The van der Waals surface area contributed by atoms with Crippen LogP contribution in [-0.4, -0.2) is 63.3 Å². The third-order valence-electron chi connectivity index (χ3n) is 3.79. The summed E-state index contributed by atoms with van der Waals surface area (Å²) in [6.07, 6.45) is 0.694. The van der Waals surface area contributed by atoms with E-state index < -0.39 is 0 Å². The third kappa shape index (κ3) is 5.51. The van der Waals surface area contributed by atoms with Crippen molar-refractivity contribution in [2.45, 2.75) is 6.42 Å². The molecule has 1 fully saturated rings. The van der Waals surface area contributed by atoms with Crippen molar-refractivity contribution in [3.05, 3.63) is 17.7 Å². The maximum absolute atomic E-state index is 6.08. The minimum Gasteiger partial charge on any atom is -0.496 e. The molecule has 0 aromatic heterocycles. The van der Waals surface area contributed by atoms with Crippen molar-refractivity contribution in [2.75, 3.05) is 52.5 Å². The predicted octanol–water partition coefficient (Wildman–Crippen LogP) is 2.24. The van der Waals surface area contributed by atoms with Gasteiger partial charge in [0.2, 0.25) is 0 Å². The molecule has 0 unspecified atom stereocenters. The molecule has 1 saturated heterocycles. The molecule has 0 aliphatic carbocycles. The van der Waals surface area contributed by atoms with Gasteiger partial charge in [-0.25, -0.2) is 0 Å². The first-order chi connectivity index (χ1) is 11.2. The highest BCUT2D eigenvalue weighted by Gasteiger charge is 2.14. The lowest BCUT2D eigenvalue weighted by Gasteiger charge is -2.27. The van der Waals surface area contributed by atoms with Gasteiger partial charge in [-0.15, -0.1) is 24.0 Å². The van der Waals surface area contributed by atoms with Gasteiger partial charge in [-0.05, 0) is 6.42 Å². The second kappa shape index (κ2) is 10.8. The molecular formula is C16H26IN3O3S. The smallest absolute Gasteiger partial charge is 0.191 e. The number of nitrogens with zero attached hydrogens (tertiary/aromatic N) is 2. The molecule has 1 aliphatic rings. The van der Waals surface area contributed by atoms with E-state index >= 15 is 0 Å². The Morgan fingerprint density at radius 1 is 1.12 bits per heavy atom. The molecular weight excluding hydrogens is 441 g/mol. The Bertz CT molecular complexity index is 526. The molecule has 0 atom stereocenters. The quantitative estimate of drug-likeness (QED) is 0.393. The molecule has 6 nitrogen and oxygen atoms in total. The van der Waals surface area contributed by atoms with Crippen molar-refractivity contribution in [1.29, 1.82) is 0 Å². The number of thioether (sulfide) groups is 1. The first-order valence-corrected chi connectivity index (χ1v) is 8.76. The van der Waals surface area contributed by atoms with Crippen molar-refractivity contribution in [2.24, 2.45) is 10.7 Å². The molecule has 2 N–H and O–H groups in total. The fourth-order valence-corrected chi connectivity index (χ4v) is 3.40. The van der Waals surface area contributed by atoms with E-state index in [-0.39, 0.29) is 24.0 Å². The Kier molecular flexibility index (Phi) is 9.42. The zero-order valence-corrected chi connectivity index (χ0v) is 17.6. The summed E-state index contributed by atoms with van der Waals surface area (Å²) in [6.45, 7) is 2.53. The number of halogens is 1. The molecule has 1 aromatic carbocycles. The van der Waals surface area contributed by atoms with Crippen LogP contribution in [-0.2, 0) is 6.42 Å². The molecule has 1 aromatic rings. The van der Waals surface area contributed by atoms with Crippen LogP contribution in [0.15, 0.2) is 17.1 Å². The lowest BCUT2D eigenvalue weighted by Crippen LogP contribution is -2.42. The second-order valence-electron chi connectivity index (χ2n) is 5.10. The molecule has 0 bridgehead atoms. The summed E-state index contributed by atoms with van der Waals surface area (Å²) in [7, 11) is 4.90. The molecule has 0 radical (unpaired) electrons. The number of rotatable bonds is 6. The van der Waals surface area contributed by atoms with Crippen LogP contribution in [0.1, 0.15) is 5.56 Å². The molecule has 8 heteroatoms. The van der Waals surface area contributed by atoms with Crippen LogP contribution >= 0.6 is 35.7 Å². The van der Waals surface area contributed by atoms with E-state index in [2.05, 4.69) is 9.89 Å². The van der Waals surface area contributed by atoms with Gasteiger partial charge in [0, 0.05) is 48.8 Å². The summed E-state index contributed by atoms with van der Waals surface area (Å²) in [5, 5.41) is 0. The maximum atomic E-state index is 6.08. The number of guanidine groups is 1. The van der Waals surface area contributed by atoms with Crippen molar-refractivity contribution >= 4 is 41.7 Å². The van der Waals surface area contributed by atoms with Crippen LogP contribution < -0.4 is 19.9 Å². The average Bonchev–Trinajstić information content (AvgIpc) is 2.62. The summed E-state index contributed by atoms with van der Waals surface area (Å²) in [5.41, 5.74) is 7.06. The summed E-state index contributed by atoms with van der Waals surface area (Å²) >= 11 is 1.95. The van der Waals surface area contributed by atoms with Gasteiger partial charge < -0.3 is 24.8 Å². The van der Waals surface area contributed by atoms with Crippen LogP contribution in [0.4, 0.5) is 0 Å². The van der Waals surface area contributed by atoms with Gasteiger partial charge in [0.15, 0.2) is 5.96 Å². The predicted molar refractivity (Wildman–Crippen MR) is 111 cm³/mol. The number of benzene rings is 1. The van der Waals surface area contributed by atoms with Crippen molar-refractivity contribution in [3.63, 3.8) is 0 Å². The van der Waals surface area contributed by atoms with Gasteiger partial charge >= 0.3 is 0 Å². The molecule has 0 amide bonds. The van der Waals surface area contributed by atoms with Gasteiger partial charge in [-0.3, -0.25) is 4.99 Å². The normalized spacial score (nSPS) is 14.8. The number of hydrogen-bond acceptors (Lipinski definition) is 5. The standard InChI is InChI=1S/C16H25N3O3S.HI/c1-20-12-10-14(21-2)13(15(11-12)22-3)4-5-18-16(17)19-6-8-23-9-7-19;/h10-11H,4-9H2,1-3H3,(H2,17,18);1H. The summed E-state index contributed by atoms with van der Waals surface area (Å²) in [5.74, 6) is 5.02. The summed E-state index contributed by atoms with van der Waals surface area (Å²) in [6, 6.07) is 3.71. The highest BCUT2D eigenvalue weighted by atomic mass is 127. The van der Waals surface area contributed by atoms with Crippen LogP contribution in [0.25, 0.3) is 0 Å². The largest absolute Gasteiger partial charge is 0.496 e. The molecule has 2 rings (SSSR count). The van der Waals surface area contributed by atoms with E-state index in [4.69, 9.17) is 19.9 Å². The van der Waals surface area contributed by atoms with Gasteiger partial charge in [0.05, 0.1) is 21.3 Å². The fraction of sp³-hybridized carbons (Fsp3) is 0.562. The minimum absolute atomic E-state index is 0. The SMILES string of the molecule is COc1cc(OC)c(CCN=C(N)N2CCSCC2)c(OC)c1.I. The highest BCUT2D eigenvalue weighted by Crippen LogP contribution is 2.34. The van der Waals surface area contributed by atoms with Crippen LogP contribution in [0.5, 0.6) is 17.2 Å². The van der Waals surface area contributed by atoms with E-state index in [0.29, 0.717) is 24.7 Å². The Balaban J connectivity index is 0.00000288. The lowest BCUT2D eigenvalue weighted by atomic mass is 10.1. The van der Waals surface area contributed by atoms with Crippen LogP contribution in [0, 0.1) is 0 Å². The van der Waals surface area contributed by atoms with Gasteiger partial charge in [-0.2, -0.15) is 11.8 Å². The minimum atomic E-state index is 0. The van der Waals surface area contributed by atoms with Crippen LogP contribution in [0.2, 0.25) is 0 Å². The van der Waals surface area contributed by atoms with Crippen molar-refractivity contribution in [1.82, 2.24) is 4.90 Å². The molecule has 136 valence electrons. The Morgan fingerprint density at radius 2 is 1.71 bits per heavy atom. The van der Waals surface area contributed by atoms with Gasteiger partial charge in [0.25, 0.3) is 0 Å². The molecule has 1 aliphatic heterocycles. The van der Waals surface area contributed by atoms with E-state index in [0.717, 1.165) is 41.7 Å². The zero-order chi connectivity index (χ0) is 16.7. The number of methoxy groups -OCH3 is 3. The Morgan fingerprint density at radius 3 is 2.21 bits per heavy atom. The Labute approximate surface area is 165 Å². The molecule has 1 heterocycles. The number of hydrogen-bond donors (Lipinski definition) is 1. The zero-order valence-electron chi connectivity index (χ0n) is 14.4.